The molecule has 1 fully saturated rings. The van der Waals surface area contributed by atoms with Crippen LogP contribution >= 0.6 is 0 Å². The third kappa shape index (κ3) is 5.02. The molecule has 5 heterocycles. The number of aliphatic hydroxyl groups excluding tert-OH is 1. The molecule has 11 nitrogen and oxygen atoms in total. The largest absolute Gasteiger partial charge is 0.490 e. The van der Waals surface area contributed by atoms with Crippen molar-refractivity contribution >= 4 is 28.5 Å². The molecule has 13 heteroatoms. The molecule has 1 amide bonds. The van der Waals surface area contributed by atoms with E-state index in [1.807, 2.05) is 20.8 Å². The van der Waals surface area contributed by atoms with Gasteiger partial charge in [0.05, 0.1) is 22.3 Å². The van der Waals surface area contributed by atoms with Gasteiger partial charge in [-0.3, -0.25) is 14.6 Å². The van der Waals surface area contributed by atoms with Crippen molar-refractivity contribution in [3.63, 3.8) is 0 Å². The fourth-order valence-corrected chi connectivity index (χ4v) is 5.91. The van der Waals surface area contributed by atoms with Gasteiger partial charge >= 0.3 is 5.69 Å². The molecule has 2 atom stereocenters. The van der Waals surface area contributed by atoms with Crippen molar-refractivity contribution in [1.29, 1.82) is 0 Å². The van der Waals surface area contributed by atoms with Crippen LogP contribution in [-0.2, 0) is 4.79 Å². The van der Waals surface area contributed by atoms with Crippen LogP contribution in [0, 0.1) is 11.6 Å². The molecule has 45 heavy (non-hydrogen) atoms. The smallest absolute Gasteiger partial charge is 0.355 e. The second-order valence-electron chi connectivity index (χ2n) is 11.3. The summed E-state index contributed by atoms with van der Waals surface area (Å²) in [5, 5.41) is 11.0. The van der Waals surface area contributed by atoms with Crippen molar-refractivity contribution in [2.75, 3.05) is 31.1 Å². The van der Waals surface area contributed by atoms with Crippen LogP contribution in [0.5, 0.6) is 5.75 Å². The van der Waals surface area contributed by atoms with Crippen molar-refractivity contribution in [3.8, 4) is 22.7 Å². The number of Topliss-reactive ketones (excluding diaryl/α,β-unsaturated/α-hetero) is 1. The Bertz CT molecular complexity index is 1940. The molecule has 0 radical (unpaired) electrons. The molecule has 2 bridgehead atoms. The number of fused-ring (bicyclic) bond motifs is 5. The molecule has 1 saturated heterocycles. The van der Waals surface area contributed by atoms with Gasteiger partial charge in [0.25, 0.3) is 0 Å². The first-order valence-corrected chi connectivity index (χ1v) is 14.5. The summed E-state index contributed by atoms with van der Waals surface area (Å²) in [5.74, 6) is -3.13. The zero-order chi connectivity index (χ0) is 32.2. The molecule has 4 aromatic rings. The number of carbonyl (C=O) groups excluding carboxylic acids is 2. The minimum atomic E-state index is -1.72. The highest BCUT2D eigenvalue weighted by Crippen LogP contribution is 2.38. The number of hydrogen-bond donors (Lipinski definition) is 1. The summed E-state index contributed by atoms with van der Waals surface area (Å²) in [6.07, 6.45) is 0.908. The van der Waals surface area contributed by atoms with Crippen LogP contribution in [-0.4, -0.2) is 79.6 Å². The first kappa shape index (κ1) is 30.0. The molecule has 6 rings (SSSR count). The predicted molar refractivity (Wildman–Crippen MR) is 162 cm³/mol. The average Bonchev–Trinajstić information content (AvgIpc) is 3.02. The summed E-state index contributed by atoms with van der Waals surface area (Å²) in [5.41, 5.74) is -1.41. The average molecular weight is 617 g/mol. The van der Waals surface area contributed by atoms with Crippen LogP contribution in [0.3, 0.4) is 0 Å². The monoisotopic (exact) mass is 616 g/mol. The topological polar surface area (TPSA) is 131 Å². The Morgan fingerprint density at radius 3 is 2.64 bits per heavy atom. The lowest BCUT2D eigenvalue weighted by atomic mass is 9.99. The van der Waals surface area contributed by atoms with Crippen molar-refractivity contribution < 1.29 is 28.2 Å². The van der Waals surface area contributed by atoms with Crippen molar-refractivity contribution in [3.05, 3.63) is 82.6 Å². The fraction of sp³-hybridized carbons (Fsp3) is 0.312. The summed E-state index contributed by atoms with van der Waals surface area (Å²) in [6, 6.07) is 5.99. The molecule has 1 N–H and O–H groups in total. The molecule has 2 aliphatic heterocycles. The van der Waals surface area contributed by atoms with Gasteiger partial charge in [-0.05, 0) is 43.2 Å². The SMILES string of the molecule is C=CC(=O)N1CCN(c2nc(=O)n3c4nc(c(F)cc24)-c2c(F)cccc2OCC(O)C(=O)c2ccnc(C(C)C)c2-3)[C@@H](C)C1. The number of ketones is 1. The Morgan fingerprint density at radius 2 is 1.93 bits per heavy atom. The summed E-state index contributed by atoms with van der Waals surface area (Å²) < 4.78 is 38.3. The van der Waals surface area contributed by atoms with Crippen molar-refractivity contribution in [1.82, 2.24) is 24.4 Å². The number of aliphatic hydroxyl groups is 1. The van der Waals surface area contributed by atoms with Crippen molar-refractivity contribution in [2.24, 2.45) is 0 Å². The van der Waals surface area contributed by atoms with Gasteiger partial charge in [0.15, 0.2) is 23.4 Å². The number of anilines is 1. The van der Waals surface area contributed by atoms with E-state index in [1.54, 1.807) is 9.80 Å². The second-order valence-corrected chi connectivity index (χ2v) is 11.3. The molecular weight excluding hydrogens is 586 g/mol. The highest BCUT2D eigenvalue weighted by Gasteiger charge is 2.33. The first-order chi connectivity index (χ1) is 21.5. The van der Waals surface area contributed by atoms with Gasteiger partial charge in [-0.2, -0.15) is 4.98 Å². The fourth-order valence-electron chi connectivity index (χ4n) is 5.91. The standard InChI is InChI=1S/C32H30F2N6O5/c1-5-24(42)38-11-12-39(17(4)14-38)30-19-13-21(34)27-25-20(33)7-6-8-23(25)45-15-22(41)29(43)18-9-10-35-26(16(2)3)28(18)40(31(19)36-27)32(44)37-30/h5-10,13,16-17,22,41H,1,11-12,14-15H2,2-4H3/t17-,22?/m0/s1. The van der Waals surface area contributed by atoms with Gasteiger partial charge in [-0.25, -0.2) is 23.1 Å². The summed E-state index contributed by atoms with van der Waals surface area (Å²) >= 11 is 0. The maximum absolute atomic E-state index is 16.1. The van der Waals surface area contributed by atoms with Crippen LogP contribution in [0.25, 0.3) is 28.0 Å². The molecule has 1 unspecified atom stereocenters. The van der Waals surface area contributed by atoms with E-state index in [0.717, 1.165) is 16.7 Å². The van der Waals surface area contributed by atoms with Gasteiger partial charge in [0.2, 0.25) is 5.91 Å². The molecule has 3 aromatic heterocycles. The maximum Gasteiger partial charge on any atom is 0.355 e. The van der Waals surface area contributed by atoms with Crippen LogP contribution in [0.4, 0.5) is 14.6 Å². The predicted octanol–water partition coefficient (Wildman–Crippen LogP) is 3.40. The number of aromatic nitrogens is 4. The Hall–Kier alpha value is -5.04. The molecule has 0 saturated carbocycles. The van der Waals surface area contributed by atoms with Gasteiger partial charge < -0.3 is 19.6 Å². The number of nitrogens with zero attached hydrogens (tertiary/aromatic N) is 6. The third-order valence-electron chi connectivity index (χ3n) is 8.09. The number of ether oxygens (including phenoxy) is 1. The molecule has 0 aliphatic carbocycles. The van der Waals surface area contributed by atoms with Gasteiger partial charge in [0, 0.05) is 37.4 Å². The van der Waals surface area contributed by atoms with Crippen LogP contribution < -0.4 is 15.3 Å². The normalized spacial score (nSPS) is 18.2. The molecule has 0 spiro atoms. The van der Waals surface area contributed by atoms with Gasteiger partial charge in [0.1, 0.15) is 29.7 Å². The molecule has 2 aliphatic rings. The quantitative estimate of drug-likeness (QED) is 0.344. The third-order valence-corrected chi connectivity index (χ3v) is 8.09. The number of carbonyl (C=O) groups is 2. The number of pyridine rings is 2. The van der Waals surface area contributed by atoms with E-state index in [1.165, 1.54) is 30.5 Å². The van der Waals surface area contributed by atoms with E-state index in [4.69, 9.17) is 4.74 Å². The Kier molecular flexibility index (Phi) is 7.65. The van der Waals surface area contributed by atoms with E-state index >= 15 is 8.78 Å². The van der Waals surface area contributed by atoms with E-state index in [-0.39, 0.29) is 70.4 Å². The van der Waals surface area contributed by atoms with Crippen LogP contribution in [0.2, 0.25) is 0 Å². The molecule has 1 aromatic carbocycles. The number of amides is 1. The van der Waals surface area contributed by atoms with Gasteiger partial charge in [-0.1, -0.05) is 26.5 Å². The summed E-state index contributed by atoms with van der Waals surface area (Å²) in [7, 11) is 0. The lowest BCUT2D eigenvalue weighted by Crippen LogP contribution is -2.54. The van der Waals surface area contributed by atoms with Crippen LogP contribution in [0.15, 0.2) is 54.0 Å². The highest BCUT2D eigenvalue weighted by atomic mass is 19.1. The van der Waals surface area contributed by atoms with Crippen LogP contribution in [0.1, 0.15) is 42.7 Å². The Balaban J connectivity index is 1.72. The lowest BCUT2D eigenvalue weighted by molar-refractivity contribution is -0.126. The van der Waals surface area contributed by atoms with E-state index in [9.17, 15) is 19.5 Å². The van der Waals surface area contributed by atoms with Crippen molar-refractivity contribution in [2.45, 2.75) is 38.8 Å². The molecular formula is C32H30F2N6O5. The minimum absolute atomic E-state index is 0.0273. The van der Waals surface area contributed by atoms with Gasteiger partial charge in [-0.15, -0.1) is 0 Å². The zero-order valence-electron chi connectivity index (χ0n) is 24.8. The minimum Gasteiger partial charge on any atom is -0.490 e. The Labute approximate surface area is 256 Å². The lowest BCUT2D eigenvalue weighted by Gasteiger charge is -2.40. The molecule has 232 valence electrons. The summed E-state index contributed by atoms with van der Waals surface area (Å²) in [4.78, 5) is 56.9. The maximum atomic E-state index is 16.1. The van der Waals surface area contributed by atoms with E-state index < -0.39 is 41.5 Å². The zero-order valence-corrected chi connectivity index (χ0v) is 24.8. The number of halogens is 2. The highest BCUT2D eigenvalue weighted by molar-refractivity contribution is 6.03. The Morgan fingerprint density at radius 1 is 1.16 bits per heavy atom. The number of hydrogen-bond acceptors (Lipinski definition) is 9. The van der Waals surface area contributed by atoms with E-state index in [0.29, 0.717) is 12.2 Å². The summed E-state index contributed by atoms with van der Waals surface area (Å²) in [6.45, 7) is 9.28. The van der Waals surface area contributed by atoms with E-state index in [2.05, 4.69) is 21.5 Å². The number of rotatable bonds is 3. The number of benzene rings is 1. The first-order valence-electron chi connectivity index (χ1n) is 14.5. The second kappa shape index (κ2) is 11.5. The number of piperazine rings is 1.